The van der Waals surface area contributed by atoms with Crippen LogP contribution in [0.1, 0.15) is 12.8 Å². The number of nitrogens with zero attached hydrogens (tertiary/aromatic N) is 1. The van der Waals surface area contributed by atoms with Crippen molar-refractivity contribution < 1.29 is 22.5 Å². The van der Waals surface area contributed by atoms with Crippen LogP contribution in [-0.4, -0.2) is 60.5 Å². The first kappa shape index (κ1) is 14.9. The van der Waals surface area contributed by atoms with Crippen molar-refractivity contribution >= 4 is 15.9 Å². The quantitative estimate of drug-likeness (QED) is 0.674. The van der Waals surface area contributed by atoms with Gasteiger partial charge in [0.1, 0.15) is 6.73 Å². The van der Waals surface area contributed by atoms with Crippen molar-refractivity contribution in [2.45, 2.75) is 23.3 Å². The average molecular weight is 314 g/mol. The minimum Gasteiger partial charge on any atom is -0.358 e. The highest BCUT2D eigenvalue weighted by Gasteiger charge is 2.57. The number of carbonyl (C=O) groups excluding carboxylic acids is 1. The third kappa shape index (κ3) is 2.27. The van der Waals surface area contributed by atoms with Crippen LogP contribution in [0.3, 0.4) is 0 Å². The number of nitrogens with one attached hydrogen (secondary N) is 1. The van der Waals surface area contributed by atoms with Crippen LogP contribution < -0.4 is 5.32 Å². The van der Waals surface area contributed by atoms with Crippen molar-refractivity contribution in [1.29, 1.82) is 0 Å². The fourth-order valence-corrected chi connectivity index (χ4v) is 4.24. The molecule has 0 aromatic rings. The van der Waals surface area contributed by atoms with Crippen molar-refractivity contribution in [3.63, 3.8) is 0 Å². The van der Waals surface area contributed by atoms with Crippen molar-refractivity contribution in [1.82, 2.24) is 10.2 Å². The molecule has 2 aliphatic heterocycles. The number of rotatable bonds is 2. The van der Waals surface area contributed by atoms with Gasteiger partial charge in [0.15, 0.2) is 5.78 Å². The Kier molecular flexibility index (Phi) is 3.53. The Hall–Kier alpha value is -1.06. The molecule has 2 fully saturated rings. The third-order valence-electron chi connectivity index (χ3n) is 4.42. The van der Waals surface area contributed by atoms with Crippen LogP contribution in [-0.2, 0) is 19.6 Å². The Morgan fingerprint density at radius 3 is 2.62 bits per heavy atom. The molecule has 0 bridgehead atoms. The first-order valence-electron chi connectivity index (χ1n) is 6.87. The molecule has 1 spiro atoms. The lowest BCUT2D eigenvalue weighted by Crippen LogP contribution is -2.59. The van der Waals surface area contributed by atoms with E-state index in [0.717, 1.165) is 25.9 Å². The van der Waals surface area contributed by atoms with Crippen LogP contribution in [0.5, 0.6) is 0 Å². The molecule has 7 nitrogen and oxygen atoms in total. The highest BCUT2D eigenvalue weighted by molar-refractivity contribution is 7.88. The van der Waals surface area contributed by atoms with E-state index in [1.807, 2.05) is 0 Å². The van der Waals surface area contributed by atoms with Gasteiger partial charge in [0.2, 0.25) is 4.87 Å². The number of ketones is 1. The molecule has 1 unspecified atom stereocenters. The summed E-state index contributed by atoms with van der Waals surface area (Å²) < 4.78 is 39.3. The summed E-state index contributed by atoms with van der Waals surface area (Å²) in [5.41, 5.74) is -0.446. The molecule has 3 rings (SSSR count). The number of carbonyl (C=O) groups is 1. The maximum Gasteiger partial charge on any atom is 0.295 e. The summed E-state index contributed by atoms with van der Waals surface area (Å²) in [6.45, 7) is 1.88. The van der Waals surface area contributed by atoms with Crippen LogP contribution in [0.2, 0.25) is 0 Å². The van der Waals surface area contributed by atoms with Crippen molar-refractivity contribution in [3.05, 3.63) is 24.3 Å². The second-order valence-electron chi connectivity index (χ2n) is 5.66. The summed E-state index contributed by atoms with van der Waals surface area (Å²) in [5.74, 6) is -0.665. The molecule has 0 radical (unpaired) electrons. The van der Waals surface area contributed by atoms with Gasteiger partial charge in [-0.3, -0.25) is 9.35 Å². The second kappa shape index (κ2) is 4.99. The number of hydrogen-bond acceptors (Lipinski definition) is 6. The first-order valence-corrected chi connectivity index (χ1v) is 8.31. The van der Waals surface area contributed by atoms with Gasteiger partial charge in [0, 0.05) is 6.54 Å². The van der Waals surface area contributed by atoms with Crippen LogP contribution in [0.25, 0.3) is 0 Å². The fraction of sp³-hybridized carbons (Fsp3) is 0.615. The Labute approximate surface area is 123 Å². The highest BCUT2D eigenvalue weighted by atomic mass is 32.2. The Balaban J connectivity index is 1.95. The predicted molar refractivity (Wildman–Crippen MR) is 75.1 cm³/mol. The lowest BCUT2D eigenvalue weighted by atomic mass is 9.91. The van der Waals surface area contributed by atoms with Crippen molar-refractivity contribution in [2.75, 3.05) is 26.4 Å². The average Bonchev–Trinajstić information content (AvgIpc) is 2.83. The molecular formula is C13H18N2O5S. The summed E-state index contributed by atoms with van der Waals surface area (Å²) in [5, 5.41) is 3.22. The van der Waals surface area contributed by atoms with Crippen LogP contribution in [0.4, 0.5) is 0 Å². The maximum atomic E-state index is 12.2. The van der Waals surface area contributed by atoms with Crippen molar-refractivity contribution in [3.8, 4) is 0 Å². The molecule has 0 aromatic heterocycles. The van der Waals surface area contributed by atoms with E-state index in [1.54, 1.807) is 0 Å². The van der Waals surface area contributed by atoms with Gasteiger partial charge in [-0.15, -0.1) is 0 Å². The number of ether oxygens (including phenoxy) is 1. The first-order chi connectivity index (χ1) is 9.90. The smallest absolute Gasteiger partial charge is 0.295 e. The summed E-state index contributed by atoms with van der Waals surface area (Å²) >= 11 is 0. The monoisotopic (exact) mass is 314 g/mol. The lowest BCUT2D eigenvalue weighted by molar-refractivity contribution is -0.120. The highest BCUT2D eigenvalue weighted by Crippen LogP contribution is 2.37. The number of allylic oxidation sites excluding steroid dienone is 2. The van der Waals surface area contributed by atoms with Crippen LogP contribution in [0, 0.1) is 0 Å². The third-order valence-corrected chi connectivity index (χ3v) is 5.80. The molecule has 21 heavy (non-hydrogen) atoms. The van der Waals surface area contributed by atoms with E-state index in [9.17, 15) is 17.8 Å². The van der Waals surface area contributed by atoms with E-state index >= 15 is 0 Å². The molecule has 8 heteroatoms. The van der Waals surface area contributed by atoms with Gasteiger partial charge in [-0.2, -0.15) is 8.42 Å². The van der Waals surface area contributed by atoms with Gasteiger partial charge < -0.3 is 10.1 Å². The van der Waals surface area contributed by atoms with E-state index < -0.39 is 26.4 Å². The number of piperidine rings is 1. The standard InChI is InChI=1S/C13H18N2O5S/c16-11-3-1-2-4-13(11,21(17,18)19)15-9-12(20-10-15)5-7-14-8-6-12/h1-4,14H,5-10H2,(H,17,18,19). The zero-order valence-electron chi connectivity index (χ0n) is 11.5. The predicted octanol–water partition coefficient (Wildman–Crippen LogP) is -0.322. The van der Waals surface area contributed by atoms with E-state index in [-0.39, 0.29) is 6.73 Å². The van der Waals surface area contributed by atoms with E-state index in [0.29, 0.717) is 6.54 Å². The molecule has 116 valence electrons. The Morgan fingerprint density at radius 1 is 1.29 bits per heavy atom. The molecule has 1 aliphatic carbocycles. The normalized spacial score (nSPS) is 32.9. The summed E-state index contributed by atoms with van der Waals surface area (Å²) in [6, 6.07) is 0. The zero-order valence-corrected chi connectivity index (χ0v) is 12.3. The Morgan fingerprint density at radius 2 is 2.00 bits per heavy atom. The fourth-order valence-electron chi connectivity index (χ4n) is 3.22. The van der Waals surface area contributed by atoms with E-state index in [4.69, 9.17) is 4.74 Å². The molecule has 0 saturated carbocycles. The summed E-state index contributed by atoms with van der Waals surface area (Å²) in [7, 11) is -4.63. The summed E-state index contributed by atoms with van der Waals surface area (Å²) in [4.78, 5) is 11.6. The molecule has 0 aromatic carbocycles. The molecule has 1 atom stereocenters. The van der Waals surface area contributed by atoms with Gasteiger partial charge in [-0.05, 0) is 38.1 Å². The van der Waals surface area contributed by atoms with Gasteiger partial charge >= 0.3 is 0 Å². The minimum absolute atomic E-state index is 0.00368. The topological polar surface area (TPSA) is 95.9 Å². The molecule has 2 heterocycles. The lowest BCUT2D eigenvalue weighted by Gasteiger charge is -2.36. The van der Waals surface area contributed by atoms with Gasteiger partial charge in [-0.1, -0.05) is 12.2 Å². The minimum atomic E-state index is -4.63. The van der Waals surface area contributed by atoms with Gasteiger partial charge in [0.05, 0.1) is 5.60 Å². The van der Waals surface area contributed by atoms with Crippen LogP contribution in [0.15, 0.2) is 24.3 Å². The maximum absolute atomic E-state index is 12.2. The molecular weight excluding hydrogens is 296 g/mol. The van der Waals surface area contributed by atoms with E-state index in [1.165, 1.54) is 29.2 Å². The number of hydrogen-bond donors (Lipinski definition) is 2. The van der Waals surface area contributed by atoms with Crippen molar-refractivity contribution in [2.24, 2.45) is 0 Å². The zero-order chi connectivity index (χ0) is 15.1. The SMILES string of the molecule is O=C1C=CC=CC1(N1COC2(CCNCC2)C1)S(=O)(=O)O. The summed E-state index contributed by atoms with van der Waals surface area (Å²) in [6.07, 6.45) is 6.82. The van der Waals surface area contributed by atoms with Crippen LogP contribution >= 0.6 is 0 Å². The van der Waals surface area contributed by atoms with Gasteiger partial charge in [0.25, 0.3) is 10.1 Å². The largest absolute Gasteiger partial charge is 0.358 e. The Bertz CT molecular complexity index is 606. The molecule has 2 saturated heterocycles. The molecule has 2 N–H and O–H groups in total. The second-order valence-corrected chi connectivity index (χ2v) is 7.23. The molecule has 0 amide bonds. The van der Waals surface area contributed by atoms with E-state index in [2.05, 4.69) is 5.32 Å². The van der Waals surface area contributed by atoms with Gasteiger partial charge in [-0.25, -0.2) is 4.90 Å². The molecule has 3 aliphatic rings.